The predicted molar refractivity (Wildman–Crippen MR) is 110 cm³/mol. The minimum Gasteiger partial charge on any atom is -0.446 e. The maximum absolute atomic E-state index is 13.0. The van der Waals surface area contributed by atoms with Gasteiger partial charge in [-0.3, -0.25) is 4.90 Å². The first-order chi connectivity index (χ1) is 13.5. The number of amides is 3. The summed E-state index contributed by atoms with van der Waals surface area (Å²) >= 11 is 3.38. The van der Waals surface area contributed by atoms with E-state index in [1.54, 1.807) is 11.1 Å². The van der Waals surface area contributed by atoms with Gasteiger partial charge in [0, 0.05) is 23.3 Å². The number of rotatable bonds is 5. The lowest BCUT2D eigenvalue weighted by Crippen LogP contribution is -2.48. The number of hydrogen-bond acceptors (Lipinski definition) is 4. The number of primary amides is 1. The van der Waals surface area contributed by atoms with E-state index in [0.29, 0.717) is 38.0 Å². The van der Waals surface area contributed by atoms with Crippen molar-refractivity contribution in [1.82, 2.24) is 10.3 Å². The monoisotopic (exact) mass is 446 g/mol. The summed E-state index contributed by atoms with van der Waals surface area (Å²) in [5.41, 5.74) is 6.14. The van der Waals surface area contributed by atoms with Gasteiger partial charge in [-0.05, 0) is 59.3 Å². The summed E-state index contributed by atoms with van der Waals surface area (Å²) < 4.78 is 5.95. The molecule has 8 heteroatoms. The lowest BCUT2D eigenvalue weighted by atomic mass is 9.92. The molecule has 0 aliphatic heterocycles. The van der Waals surface area contributed by atoms with Crippen LogP contribution < -0.4 is 16.0 Å². The van der Waals surface area contributed by atoms with Gasteiger partial charge in [0.2, 0.25) is 0 Å². The second kappa shape index (κ2) is 9.54. The second-order valence-electron chi connectivity index (χ2n) is 6.72. The van der Waals surface area contributed by atoms with Crippen LogP contribution in [0.15, 0.2) is 53.1 Å². The van der Waals surface area contributed by atoms with Crippen LogP contribution >= 0.6 is 15.9 Å². The Kier molecular flexibility index (Phi) is 6.86. The molecule has 2 aromatic rings. The van der Waals surface area contributed by atoms with Gasteiger partial charge in [0.05, 0.1) is 0 Å². The number of nitrogens with one attached hydrogen (secondary N) is 1. The van der Waals surface area contributed by atoms with Gasteiger partial charge in [-0.2, -0.15) is 0 Å². The highest BCUT2D eigenvalue weighted by atomic mass is 79.9. The quantitative estimate of drug-likeness (QED) is 0.725. The van der Waals surface area contributed by atoms with Crippen molar-refractivity contribution < 1.29 is 14.3 Å². The molecule has 1 aromatic heterocycles. The number of carbonyl (C=O) groups is 2. The molecule has 148 valence electrons. The third kappa shape index (κ3) is 5.45. The zero-order valence-electron chi connectivity index (χ0n) is 15.4. The van der Waals surface area contributed by atoms with E-state index in [4.69, 9.17) is 10.5 Å². The molecule has 1 aliphatic rings. The number of benzene rings is 1. The molecule has 1 aliphatic carbocycles. The highest BCUT2D eigenvalue weighted by Gasteiger charge is 2.31. The molecule has 7 nitrogen and oxygen atoms in total. The van der Waals surface area contributed by atoms with E-state index < -0.39 is 6.09 Å². The van der Waals surface area contributed by atoms with Gasteiger partial charge in [0.15, 0.2) is 0 Å². The van der Waals surface area contributed by atoms with E-state index in [2.05, 4.69) is 26.2 Å². The average molecular weight is 447 g/mol. The normalized spacial score (nSPS) is 18.9. The van der Waals surface area contributed by atoms with Crippen LogP contribution in [0.1, 0.15) is 31.2 Å². The first-order valence-electron chi connectivity index (χ1n) is 9.21. The average Bonchev–Trinajstić information content (AvgIpc) is 2.70. The van der Waals surface area contributed by atoms with Crippen LogP contribution in [0.3, 0.4) is 0 Å². The third-order valence-electron chi connectivity index (χ3n) is 4.76. The van der Waals surface area contributed by atoms with E-state index in [1.165, 1.54) is 0 Å². The van der Waals surface area contributed by atoms with Gasteiger partial charge < -0.3 is 15.8 Å². The zero-order chi connectivity index (χ0) is 19.9. The van der Waals surface area contributed by atoms with Crippen molar-refractivity contribution in [2.24, 2.45) is 5.73 Å². The molecule has 28 heavy (non-hydrogen) atoms. The molecule has 0 atom stereocenters. The summed E-state index contributed by atoms with van der Waals surface area (Å²) in [5, 5.41) is 2.98. The Bertz CT molecular complexity index is 793. The summed E-state index contributed by atoms with van der Waals surface area (Å²) in [6.07, 6.45) is 3.45. The molecule has 0 radical (unpaired) electrons. The van der Waals surface area contributed by atoms with Gasteiger partial charge in [0.1, 0.15) is 11.9 Å². The fourth-order valence-electron chi connectivity index (χ4n) is 3.41. The van der Waals surface area contributed by atoms with E-state index >= 15 is 0 Å². The highest BCUT2D eigenvalue weighted by molar-refractivity contribution is 9.10. The molecule has 3 amide bonds. The Morgan fingerprint density at radius 3 is 2.46 bits per heavy atom. The number of anilines is 1. The van der Waals surface area contributed by atoms with Crippen molar-refractivity contribution in [3.8, 4) is 0 Å². The number of hydrogen-bond donors (Lipinski definition) is 2. The molecular weight excluding hydrogens is 424 g/mol. The van der Waals surface area contributed by atoms with E-state index in [1.807, 2.05) is 42.5 Å². The van der Waals surface area contributed by atoms with Crippen molar-refractivity contribution in [2.45, 2.75) is 44.4 Å². The van der Waals surface area contributed by atoms with E-state index in [-0.39, 0.29) is 18.2 Å². The summed E-state index contributed by atoms with van der Waals surface area (Å²) in [5.74, 6) is 0.591. The largest absolute Gasteiger partial charge is 0.446 e. The van der Waals surface area contributed by atoms with Crippen LogP contribution in [0.25, 0.3) is 0 Å². The lowest BCUT2D eigenvalue weighted by molar-refractivity contribution is 0.0786. The molecular formula is C20H23BrN4O3. The number of nitrogens with zero attached hydrogens (tertiary/aromatic N) is 2. The number of aromatic nitrogens is 1. The summed E-state index contributed by atoms with van der Waals surface area (Å²) in [7, 11) is 0. The Balaban J connectivity index is 1.71. The van der Waals surface area contributed by atoms with Gasteiger partial charge in [0.25, 0.3) is 0 Å². The van der Waals surface area contributed by atoms with Crippen LogP contribution in [-0.4, -0.2) is 29.3 Å². The van der Waals surface area contributed by atoms with E-state index in [0.717, 1.165) is 10.0 Å². The number of ether oxygens (including phenoxy) is 1. The van der Waals surface area contributed by atoms with Crippen molar-refractivity contribution in [1.29, 1.82) is 0 Å². The minimum absolute atomic E-state index is 0.0304. The van der Waals surface area contributed by atoms with Crippen molar-refractivity contribution >= 4 is 33.9 Å². The number of halogens is 1. The fraction of sp³-hybridized carbons (Fsp3) is 0.350. The molecule has 3 N–H and O–H groups in total. The van der Waals surface area contributed by atoms with Gasteiger partial charge in [-0.15, -0.1) is 0 Å². The number of carbonyl (C=O) groups excluding carboxylic acids is 2. The Morgan fingerprint density at radius 1 is 1.14 bits per heavy atom. The van der Waals surface area contributed by atoms with E-state index in [9.17, 15) is 9.59 Å². The van der Waals surface area contributed by atoms with Crippen molar-refractivity contribution in [3.63, 3.8) is 0 Å². The minimum atomic E-state index is -0.754. The predicted octanol–water partition coefficient (Wildman–Crippen LogP) is 3.97. The zero-order valence-corrected chi connectivity index (χ0v) is 17.0. The lowest BCUT2D eigenvalue weighted by Gasteiger charge is -2.35. The summed E-state index contributed by atoms with van der Waals surface area (Å²) in [6, 6.07) is 13.2. The van der Waals surface area contributed by atoms with Crippen molar-refractivity contribution in [3.05, 3.63) is 58.7 Å². The molecule has 3 rings (SSSR count). The van der Waals surface area contributed by atoms with Crippen LogP contribution in [0.4, 0.5) is 15.4 Å². The SMILES string of the molecule is NC(=O)OC1CCC(N(C(=O)NCc2ccccc2)c2ccc(Br)cn2)CC1. The van der Waals surface area contributed by atoms with Crippen LogP contribution in [-0.2, 0) is 11.3 Å². The maximum atomic E-state index is 13.0. The molecule has 1 fully saturated rings. The second-order valence-corrected chi connectivity index (χ2v) is 7.63. The fourth-order valence-corrected chi connectivity index (χ4v) is 3.65. The molecule has 1 aromatic carbocycles. The molecule has 0 unspecified atom stereocenters. The van der Waals surface area contributed by atoms with Gasteiger partial charge >= 0.3 is 12.1 Å². The Hall–Kier alpha value is -2.61. The van der Waals surface area contributed by atoms with Crippen LogP contribution in [0, 0.1) is 0 Å². The molecule has 1 saturated carbocycles. The summed E-state index contributed by atoms with van der Waals surface area (Å²) in [4.78, 5) is 30.1. The smallest absolute Gasteiger partial charge is 0.404 e. The summed E-state index contributed by atoms with van der Waals surface area (Å²) in [6.45, 7) is 0.437. The third-order valence-corrected chi connectivity index (χ3v) is 5.22. The van der Waals surface area contributed by atoms with Crippen LogP contribution in [0.2, 0.25) is 0 Å². The van der Waals surface area contributed by atoms with Gasteiger partial charge in [-0.25, -0.2) is 14.6 Å². The number of urea groups is 1. The number of pyridine rings is 1. The molecule has 1 heterocycles. The topological polar surface area (TPSA) is 97.6 Å². The first kappa shape index (κ1) is 20.1. The molecule has 0 spiro atoms. The van der Waals surface area contributed by atoms with Crippen LogP contribution in [0.5, 0.6) is 0 Å². The van der Waals surface area contributed by atoms with Gasteiger partial charge in [-0.1, -0.05) is 30.3 Å². The Morgan fingerprint density at radius 2 is 1.86 bits per heavy atom. The van der Waals surface area contributed by atoms with Crippen molar-refractivity contribution in [2.75, 3.05) is 4.90 Å². The maximum Gasteiger partial charge on any atom is 0.404 e. The number of nitrogens with two attached hydrogens (primary N) is 1. The standard InChI is InChI=1S/C20H23BrN4O3/c21-15-6-11-18(23-13-15)25(16-7-9-17(10-8-16)28-19(22)26)20(27)24-12-14-4-2-1-3-5-14/h1-6,11,13,16-17H,7-10,12H2,(H2,22,26)(H,24,27). The highest BCUT2D eigenvalue weighted by Crippen LogP contribution is 2.28. The Labute approximate surface area is 172 Å². The first-order valence-corrected chi connectivity index (χ1v) is 10.0. The molecule has 0 bridgehead atoms. The molecule has 0 saturated heterocycles.